The van der Waals surface area contributed by atoms with Crippen LogP contribution in [-0.2, 0) is 6.61 Å². The van der Waals surface area contributed by atoms with E-state index >= 15 is 0 Å². The molecule has 7 aromatic rings. The van der Waals surface area contributed by atoms with Crippen LogP contribution < -0.4 is 14.8 Å². The third kappa shape index (κ3) is 9.07. The zero-order valence-electron chi connectivity index (χ0n) is 32.2. The van der Waals surface area contributed by atoms with E-state index in [4.69, 9.17) is 9.47 Å². The molecule has 0 bridgehead atoms. The lowest BCUT2D eigenvalue weighted by Gasteiger charge is -2.10. The first-order valence-electron chi connectivity index (χ1n) is 18.2. The molecule has 0 unspecified atom stereocenters. The van der Waals surface area contributed by atoms with Gasteiger partial charge in [0.05, 0.1) is 49.3 Å². The van der Waals surface area contributed by atoms with Gasteiger partial charge in [-0.25, -0.2) is 0 Å². The quantitative estimate of drug-likeness (QED) is 0.0989. The lowest BCUT2D eigenvalue weighted by molar-refractivity contribution is 0.282. The van der Waals surface area contributed by atoms with Crippen molar-refractivity contribution >= 4 is 67.6 Å². The first kappa shape index (κ1) is 38.6. The summed E-state index contributed by atoms with van der Waals surface area (Å²) in [4.78, 5) is 0. The maximum absolute atomic E-state index is 11.1. The van der Waals surface area contributed by atoms with E-state index in [1.807, 2.05) is 123 Å². The van der Waals surface area contributed by atoms with Gasteiger partial charge in [0.2, 0.25) is 0 Å². The Bertz CT molecular complexity index is 2720. The minimum absolute atomic E-state index is 0.00382. The van der Waals surface area contributed by atoms with Gasteiger partial charge in [-0.3, -0.25) is 0 Å². The Kier molecular flexibility index (Phi) is 11.9. The van der Waals surface area contributed by atoms with Crippen molar-refractivity contribution < 1.29 is 19.7 Å². The Hall–Kier alpha value is -7.64. The maximum atomic E-state index is 11.1. The zero-order chi connectivity index (χ0) is 40.4. The second kappa shape index (κ2) is 17.9. The number of hydrogen-bond donors (Lipinski definition) is 3. The van der Waals surface area contributed by atoms with Crippen molar-refractivity contribution in [2.75, 3.05) is 19.5 Å². The van der Waals surface area contributed by atoms with Gasteiger partial charge < -0.3 is 25.0 Å². The minimum Gasteiger partial charge on any atom is -0.505 e. The fourth-order valence-corrected chi connectivity index (χ4v) is 5.99. The predicted molar refractivity (Wildman–Crippen MR) is 226 cm³/mol. The summed E-state index contributed by atoms with van der Waals surface area (Å²) in [7, 11) is 3.10. The van der Waals surface area contributed by atoms with Crippen LogP contribution in [0.3, 0.4) is 0 Å². The highest BCUT2D eigenvalue weighted by Crippen LogP contribution is 2.41. The van der Waals surface area contributed by atoms with Gasteiger partial charge in [0.25, 0.3) is 0 Å². The number of phenols is 1. The summed E-state index contributed by atoms with van der Waals surface area (Å²) in [6.45, 7) is 3.52. The highest BCUT2D eigenvalue weighted by Gasteiger charge is 2.13. The van der Waals surface area contributed by atoms with E-state index in [0.717, 1.165) is 27.9 Å². The molecule has 0 radical (unpaired) electrons. The third-order valence-corrected chi connectivity index (χ3v) is 9.11. The third-order valence-electron chi connectivity index (χ3n) is 9.11. The molecule has 3 N–H and O–H groups in total. The minimum atomic E-state index is -0.328. The fraction of sp³-hybridized carbons (Fsp3) is 0.111. The van der Waals surface area contributed by atoms with E-state index in [0.29, 0.717) is 62.3 Å². The maximum Gasteiger partial charge on any atom is 0.150 e. The smallest absolute Gasteiger partial charge is 0.150 e. The summed E-state index contributed by atoms with van der Waals surface area (Å²) >= 11 is 0. The van der Waals surface area contributed by atoms with Crippen LogP contribution in [0.2, 0.25) is 0 Å². The number of aliphatic hydroxyl groups excluding tert-OH is 1. The van der Waals surface area contributed by atoms with Crippen molar-refractivity contribution in [3.8, 4) is 17.2 Å². The summed E-state index contributed by atoms with van der Waals surface area (Å²) in [5.74, 6) is 1.01. The van der Waals surface area contributed by atoms with Gasteiger partial charge in [-0.2, -0.15) is 25.6 Å². The van der Waals surface area contributed by atoms with E-state index < -0.39 is 0 Å². The average Bonchev–Trinajstić information content (AvgIpc) is 3.25. The lowest BCUT2D eigenvalue weighted by atomic mass is 10.1. The van der Waals surface area contributed by atoms with Gasteiger partial charge in [-0.15, -0.1) is 15.3 Å². The first-order chi connectivity index (χ1) is 28.3. The summed E-state index contributed by atoms with van der Waals surface area (Å²) < 4.78 is 10.9. The van der Waals surface area contributed by atoms with E-state index in [1.54, 1.807) is 31.4 Å². The van der Waals surface area contributed by atoms with Gasteiger partial charge in [0.1, 0.15) is 28.6 Å². The van der Waals surface area contributed by atoms with Crippen molar-refractivity contribution in [3.05, 3.63) is 150 Å². The lowest BCUT2D eigenvalue weighted by Crippen LogP contribution is -1.89. The molecule has 0 saturated heterocycles. The SMILES string of the molecule is COc1ccccc1N=Nc1ccc(N=Nc2ccc(N=Nc3cc(OC)c(N=Nc4ccc5cc(Nc6ccccc6)ccc5c4O)cc3CO)cc2C)cc1C. The highest BCUT2D eigenvalue weighted by atomic mass is 16.5. The Balaban J connectivity index is 1.03. The van der Waals surface area contributed by atoms with Gasteiger partial charge in [-0.1, -0.05) is 36.4 Å². The summed E-state index contributed by atoms with van der Waals surface area (Å²) in [6, 6.07) is 40.8. The Morgan fingerprint density at radius 3 is 1.74 bits per heavy atom. The number of ether oxygens (including phenoxy) is 2. The monoisotopic (exact) mass is 769 g/mol. The number of aliphatic hydroxyl groups is 1. The van der Waals surface area contributed by atoms with Crippen molar-refractivity contribution in [1.82, 2.24) is 0 Å². The normalized spacial score (nSPS) is 11.7. The molecule has 7 rings (SSSR count). The van der Waals surface area contributed by atoms with Crippen molar-refractivity contribution in [3.63, 3.8) is 0 Å². The number of hydrogen-bond acceptors (Lipinski definition) is 13. The molecule has 0 spiro atoms. The summed E-state index contributed by atoms with van der Waals surface area (Å²) in [5.41, 5.74) is 8.36. The molecule has 0 fully saturated rings. The molecule has 288 valence electrons. The number of nitrogens with zero attached hydrogens (tertiary/aromatic N) is 8. The van der Waals surface area contributed by atoms with E-state index in [2.05, 4.69) is 46.2 Å². The van der Waals surface area contributed by atoms with Crippen LogP contribution >= 0.6 is 0 Å². The standard InChI is InChI=1S/C45H39N9O4/c1-28-22-35(16-20-37(28)49-47-34-17-21-38(29(2)23-34)50-51-39-12-8-9-13-43(39)57-3)48-53-41-26-44(58-4)42(25-31(41)27-55)54-52-40-19-14-30-24-33(15-18-36(30)45(40)56)46-32-10-6-5-7-11-32/h5-26,46,55-56H,27H2,1-4H3. The molecule has 0 heterocycles. The number of rotatable bonds is 13. The predicted octanol–water partition coefficient (Wildman–Crippen LogP) is 14.1. The van der Waals surface area contributed by atoms with Crippen molar-refractivity contribution in [1.29, 1.82) is 0 Å². The molecule has 0 aromatic heterocycles. The topological polar surface area (TPSA) is 170 Å². The molecule has 0 aliphatic rings. The van der Waals surface area contributed by atoms with E-state index in [-0.39, 0.29) is 18.0 Å². The molecule has 0 amide bonds. The number of aromatic hydroxyl groups is 1. The number of nitrogens with one attached hydrogen (secondary N) is 1. The van der Waals surface area contributed by atoms with Crippen LogP contribution in [0.1, 0.15) is 16.7 Å². The molecule has 7 aromatic carbocycles. The largest absolute Gasteiger partial charge is 0.505 e. The van der Waals surface area contributed by atoms with Crippen LogP contribution in [-0.4, -0.2) is 24.4 Å². The van der Waals surface area contributed by atoms with Crippen LogP contribution in [0.4, 0.5) is 56.9 Å². The van der Waals surface area contributed by atoms with Gasteiger partial charge in [0.15, 0.2) is 5.75 Å². The Labute approximate surface area is 334 Å². The molecule has 0 saturated carbocycles. The van der Waals surface area contributed by atoms with Crippen LogP contribution in [0.25, 0.3) is 10.8 Å². The Morgan fingerprint density at radius 2 is 1.07 bits per heavy atom. The first-order valence-corrected chi connectivity index (χ1v) is 18.2. The molecule has 13 heteroatoms. The second-order valence-corrected chi connectivity index (χ2v) is 13.1. The van der Waals surface area contributed by atoms with E-state index in [1.165, 1.54) is 7.11 Å². The second-order valence-electron chi connectivity index (χ2n) is 13.1. The number of aryl methyl sites for hydroxylation is 2. The molecule has 0 aliphatic heterocycles. The van der Waals surface area contributed by atoms with Crippen molar-refractivity contribution in [2.45, 2.75) is 20.5 Å². The number of para-hydroxylation sites is 2. The van der Waals surface area contributed by atoms with E-state index in [9.17, 15) is 10.2 Å². The fourth-order valence-electron chi connectivity index (χ4n) is 5.99. The molecular formula is C45H39N9O4. The van der Waals surface area contributed by atoms with Crippen LogP contribution in [0.5, 0.6) is 17.2 Å². The summed E-state index contributed by atoms with van der Waals surface area (Å²) in [6.07, 6.45) is 0. The van der Waals surface area contributed by atoms with Gasteiger partial charge >= 0.3 is 0 Å². The van der Waals surface area contributed by atoms with Crippen LogP contribution in [0, 0.1) is 13.8 Å². The zero-order valence-corrected chi connectivity index (χ0v) is 32.2. The van der Waals surface area contributed by atoms with Gasteiger partial charge in [-0.05, 0) is 121 Å². The van der Waals surface area contributed by atoms with Crippen molar-refractivity contribution in [2.24, 2.45) is 40.9 Å². The Morgan fingerprint density at radius 1 is 0.483 bits per heavy atom. The molecule has 0 atom stereocenters. The number of benzene rings is 7. The number of anilines is 2. The van der Waals surface area contributed by atoms with Gasteiger partial charge in [0, 0.05) is 28.4 Å². The molecule has 13 nitrogen and oxygen atoms in total. The number of azo groups is 4. The van der Waals surface area contributed by atoms with Crippen LogP contribution in [0.15, 0.2) is 174 Å². The molecule has 58 heavy (non-hydrogen) atoms. The summed E-state index contributed by atoms with van der Waals surface area (Å²) in [5, 5.41) is 61.2. The molecule has 0 aliphatic carbocycles. The molecular weight excluding hydrogens is 731 g/mol. The number of fused-ring (bicyclic) bond motifs is 1. The number of phenolic OH excluding ortho intramolecular Hbond substituents is 1. The number of methoxy groups -OCH3 is 2. The average molecular weight is 770 g/mol. The highest BCUT2D eigenvalue weighted by molar-refractivity contribution is 5.94.